The highest BCUT2D eigenvalue weighted by Crippen LogP contribution is 2.31. The van der Waals surface area contributed by atoms with Crippen molar-refractivity contribution in [3.05, 3.63) is 45.1 Å². The summed E-state index contributed by atoms with van der Waals surface area (Å²) in [5.74, 6) is 0.382. The molecule has 0 bridgehead atoms. The van der Waals surface area contributed by atoms with E-state index < -0.39 is 0 Å². The molecule has 30 heavy (non-hydrogen) atoms. The minimum Gasteiger partial charge on any atom is -0.496 e. The topological polar surface area (TPSA) is 135 Å². The maximum Gasteiger partial charge on any atom is 0.225 e. The summed E-state index contributed by atoms with van der Waals surface area (Å²) >= 11 is 3.40. The fourth-order valence-electron chi connectivity index (χ4n) is 3.05. The van der Waals surface area contributed by atoms with Crippen molar-refractivity contribution in [3.8, 4) is 17.3 Å². The van der Waals surface area contributed by atoms with E-state index in [4.69, 9.17) is 9.84 Å². The average Bonchev–Trinajstić information content (AvgIpc) is 3.31. The van der Waals surface area contributed by atoms with Crippen LogP contribution in [0.4, 0.5) is 0 Å². The van der Waals surface area contributed by atoms with Gasteiger partial charge < -0.3 is 20.1 Å². The van der Waals surface area contributed by atoms with Gasteiger partial charge in [0.25, 0.3) is 0 Å². The Morgan fingerprint density at radius 1 is 1.37 bits per heavy atom. The molecule has 0 spiro atoms. The van der Waals surface area contributed by atoms with Crippen LogP contribution in [-0.2, 0) is 17.8 Å². The van der Waals surface area contributed by atoms with Gasteiger partial charge in [0.15, 0.2) is 5.78 Å². The normalized spacial score (nSPS) is 10.8. The lowest BCUT2D eigenvalue weighted by Crippen LogP contribution is -2.21. The van der Waals surface area contributed by atoms with E-state index >= 15 is 0 Å². The van der Waals surface area contributed by atoms with Gasteiger partial charge in [-0.3, -0.25) is 9.59 Å². The molecule has 10 nitrogen and oxygen atoms in total. The summed E-state index contributed by atoms with van der Waals surface area (Å²) in [6.07, 6.45) is -0.0134. The number of likely N-dealkylation sites (N-methyl/N-ethyl adjacent to an activating group) is 1. The van der Waals surface area contributed by atoms with E-state index in [-0.39, 0.29) is 37.1 Å². The fourth-order valence-corrected chi connectivity index (χ4v) is 3.59. The second-order valence-electron chi connectivity index (χ2n) is 6.44. The maximum absolute atomic E-state index is 13.4. The number of rotatable bonds is 8. The quantitative estimate of drug-likeness (QED) is 0.416. The number of nitrogens with zero attached hydrogens (tertiary/aromatic N) is 4. The van der Waals surface area contributed by atoms with Gasteiger partial charge in [-0.1, -0.05) is 0 Å². The minimum absolute atomic E-state index is 0.0134. The first-order valence-corrected chi connectivity index (χ1v) is 9.88. The Labute approximate surface area is 180 Å². The largest absolute Gasteiger partial charge is 0.496 e. The summed E-state index contributed by atoms with van der Waals surface area (Å²) in [5, 5.41) is 23.7. The number of H-pyrrole nitrogens is 1. The number of aromatic amines is 1. The monoisotopic (exact) mass is 476 g/mol. The van der Waals surface area contributed by atoms with Gasteiger partial charge in [-0.05, 0) is 51.8 Å². The zero-order valence-corrected chi connectivity index (χ0v) is 18.3. The smallest absolute Gasteiger partial charge is 0.225 e. The van der Waals surface area contributed by atoms with Crippen molar-refractivity contribution in [3.63, 3.8) is 0 Å². The Bertz CT molecular complexity index is 1090. The van der Waals surface area contributed by atoms with E-state index in [2.05, 4.69) is 41.6 Å². The Morgan fingerprint density at radius 3 is 2.77 bits per heavy atom. The third-order valence-corrected chi connectivity index (χ3v) is 5.18. The molecule has 0 atom stereocenters. The first-order valence-electron chi connectivity index (χ1n) is 9.08. The summed E-state index contributed by atoms with van der Waals surface area (Å²) < 4.78 is 5.87. The van der Waals surface area contributed by atoms with Gasteiger partial charge >= 0.3 is 0 Å². The second kappa shape index (κ2) is 9.18. The molecule has 1 aromatic carbocycles. The lowest BCUT2D eigenvalue weighted by molar-refractivity contribution is -0.120. The Kier molecular flexibility index (Phi) is 6.63. The molecule has 3 N–H and O–H groups in total. The van der Waals surface area contributed by atoms with Crippen molar-refractivity contribution in [2.24, 2.45) is 0 Å². The number of aromatic nitrogens is 5. The van der Waals surface area contributed by atoms with Gasteiger partial charge in [0.2, 0.25) is 11.7 Å². The minimum atomic E-state index is -0.250. The molecule has 0 radical (unpaired) electrons. The second-order valence-corrected chi connectivity index (χ2v) is 7.29. The van der Waals surface area contributed by atoms with E-state index in [1.165, 1.54) is 11.8 Å². The standard InChI is InChI=1S/C19H21BrN6O4/c1-10-16(18(29)11-4-5-14(30-3)12(20)8-11)13(9-15(28)21-2)22-17(10)19-23-25-26(24-19)6-7-27/h4-5,8,22,27H,6-7,9H2,1-3H3,(H,21,28). The number of ketones is 1. The number of methoxy groups -OCH3 is 1. The molecule has 0 fully saturated rings. The van der Waals surface area contributed by atoms with Crippen LogP contribution in [0.3, 0.4) is 0 Å². The van der Waals surface area contributed by atoms with Crippen LogP contribution in [0.1, 0.15) is 27.2 Å². The van der Waals surface area contributed by atoms with Crippen molar-refractivity contribution in [2.45, 2.75) is 19.9 Å². The third-order valence-electron chi connectivity index (χ3n) is 4.56. The lowest BCUT2D eigenvalue weighted by atomic mass is 9.98. The van der Waals surface area contributed by atoms with E-state index in [0.717, 1.165) is 0 Å². The molecule has 0 saturated carbocycles. The van der Waals surface area contributed by atoms with Gasteiger partial charge in [0.05, 0.1) is 36.8 Å². The molecular weight excluding hydrogens is 456 g/mol. The van der Waals surface area contributed by atoms with Crippen LogP contribution in [0, 0.1) is 6.92 Å². The van der Waals surface area contributed by atoms with Crippen LogP contribution >= 0.6 is 15.9 Å². The molecule has 0 unspecified atom stereocenters. The zero-order valence-electron chi connectivity index (χ0n) is 16.7. The van der Waals surface area contributed by atoms with Gasteiger partial charge in [0, 0.05) is 23.9 Å². The molecule has 0 aliphatic rings. The molecule has 0 aliphatic heterocycles. The molecule has 2 aromatic heterocycles. The molecule has 1 amide bonds. The summed E-state index contributed by atoms with van der Waals surface area (Å²) in [5.41, 5.74) is 2.37. The number of hydrogen-bond acceptors (Lipinski definition) is 7. The van der Waals surface area contributed by atoms with Gasteiger partial charge in [-0.15, -0.1) is 10.2 Å². The van der Waals surface area contributed by atoms with Crippen LogP contribution in [0.25, 0.3) is 11.5 Å². The first-order chi connectivity index (χ1) is 14.4. The van der Waals surface area contributed by atoms with Gasteiger partial charge in [-0.25, -0.2) is 0 Å². The number of carbonyl (C=O) groups excluding carboxylic acids is 2. The van der Waals surface area contributed by atoms with Gasteiger partial charge in [0.1, 0.15) is 5.75 Å². The third kappa shape index (κ3) is 4.26. The maximum atomic E-state index is 13.4. The van der Waals surface area contributed by atoms with E-state index in [1.54, 1.807) is 32.2 Å². The summed E-state index contributed by atoms with van der Waals surface area (Å²) in [7, 11) is 3.08. The average molecular weight is 477 g/mol. The molecule has 11 heteroatoms. The lowest BCUT2D eigenvalue weighted by Gasteiger charge is -2.08. The molecular formula is C19H21BrN6O4. The van der Waals surface area contributed by atoms with Crippen LogP contribution in [-0.4, -0.2) is 62.8 Å². The molecule has 3 rings (SSSR count). The number of aliphatic hydroxyl groups excluding tert-OH is 1. The van der Waals surface area contributed by atoms with E-state index in [9.17, 15) is 9.59 Å². The number of tetrazole rings is 1. The van der Waals surface area contributed by atoms with Crippen LogP contribution in [0.5, 0.6) is 5.75 Å². The van der Waals surface area contributed by atoms with Gasteiger partial charge in [-0.2, -0.15) is 4.80 Å². The Morgan fingerprint density at radius 2 is 2.13 bits per heavy atom. The highest BCUT2D eigenvalue weighted by atomic mass is 79.9. The zero-order chi connectivity index (χ0) is 21.8. The summed E-state index contributed by atoms with van der Waals surface area (Å²) in [4.78, 5) is 29.8. The molecule has 0 aliphatic carbocycles. The van der Waals surface area contributed by atoms with Crippen LogP contribution < -0.4 is 10.1 Å². The molecule has 2 heterocycles. The number of carbonyl (C=O) groups is 2. The summed E-state index contributed by atoms with van der Waals surface area (Å²) in [6, 6.07) is 5.03. The van der Waals surface area contributed by atoms with Crippen LogP contribution in [0.2, 0.25) is 0 Å². The van der Waals surface area contributed by atoms with Crippen molar-refractivity contribution in [2.75, 3.05) is 20.8 Å². The number of nitrogens with one attached hydrogen (secondary N) is 2. The van der Waals surface area contributed by atoms with E-state index in [1.807, 2.05) is 0 Å². The highest BCUT2D eigenvalue weighted by Gasteiger charge is 2.25. The predicted molar refractivity (Wildman–Crippen MR) is 111 cm³/mol. The van der Waals surface area contributed by atoms with Crippen LogP contribution in [0.15, 0.2) is 22.7 Å². The Hall–Kier alpha value is -3.05. The number of amides is 1. The fraction of sp³-hybridized carbons (Fsp3) is 0.316. The first kappa shape index (κ1) is 21.7. The highest BCUT2D eigenvalue weighted by molar-refractivity contribution is 9.10. The van der Waals surface area contributed by atoms with Crippen molar-refractivity contribution >= 4 is 27.6 Å². The SMILES string of the molecule is CNC(=O)Cc1[nH]c(-c2nnn(CCO)n2)c(C)c1C(=O)c1ccc(OC)c(Br)c1. The number of halogens is 1. The Balaban J connectivity index is 2.08. The molecule has 158 valence electrons. The number of ether oxygens (including phenoxy) is 1. The van der Waals surface area contributed by atoms with E-state index in [0.29, 0.717) is 38.3 Å². The van der Waals surface area contributed by atoms with Crippen molar-refractivity contribution < 1.29 is 19.4 Å². The molecule has 0 saturated heterocycles. The van der Waals surface area contributed by atoms with Crippen molar-refractivity contribution in [1.29, 1.82) is 0 Å². The van der Waals surface area contributed by atoms with Crippen molar-refractivity contribution in [1.82, 2.24) is 30.5 Å². The summed E-state index contributed by atoms with van der Waals surface area (Å²) in [6.45, 7) is 1.83. The number of aliphatic hydroxyl groups is 1. The predicted octanol–water partition coefficient (Wildman–Crippen LogP) is 1.26. The number of hydrogen-bond donors (Lipinski definition) is 3. The molecule has 3 aromatic rings. The number of benzene rings is 1.